The molecule has 10 nitrogen and oxygen atoms in total. The Kier molecular flexibility index (Phi) is 4.25. The molecule has 146 valence electrons. The molecular formula is C18H18N4O6. The highest BCUT2D eigenvalue weighted by Gasteiger charge is 2.44. The van der Waals surface area contributed by atoms with Crippen LogP contribution in [0.15, 0.2) is 18.2 Å². The van der Waals surface area contributed by atoms with E-state index in [0.29, 0.717) is 26.2 Å². The highest BCUT2D eigenvalue weighted by atomic mass is 16.4. The minimum atomic E-state index is -0.993. The summed E-state index contributed by atoms with van der Waals surface area (Å²) >= 11 is 0. The van der Waals surface area contributed by atoms with Crippen LogP contribution in [0.1, 0.15) is 33.6 Å². The number of amides is 5. The number of piperazine rings is 1. The standard InChI is InChI=1S/C18H18N4O6/c23-14-4-3-13(15(24)19-14)22-16(25)11-2-1-10(9-12(11)17(22)26)20-5-7-21(8-6-20)18(27)28/h1-2,9,13H,3-8H2,(H,27,28)(H,19,23,24). The molecule has 1 aromatic rings. The Balaban J connectivity index is 1.55. The van der Waals surface area contributed by atoms with Crippen LogP contribution in [0.4, 0.5) is 10.5 Å². The normalized spacial score (nSPS) is 22.4. The third kappa shape index (κ3) is 2.86. The predicted octanol–water partition coefficient (Wildman–Crippen LogP) is -0.112. The van der Waals surface area contributed by atoms with E-state index in [1.807, 2.05) is 4.90 Å². The number of rotatable bonds is 2. The van der Waals surface area contributed by atoms with Gasteiger partial charge in [0.05, 0.1) is 11.1 Å². The zero-order valence-corrected chi connectivity index (χ0v) is 14.9. The molecule has 2 fully saturated rings. The molecule has 1 aromatic carbocycles. The lowest BCUT2D eigenvalue weighted by atomic mass is 10.0. The van der Waals surface area contributed by atoms with E-state index < -0.39 is 35.8 Å². The molecule has 0 saturated carbocycles. The average Bonchev–Trinajstić information content (AvgIpc) is 2.92. The Hall–Kier alpha value is -3.43. The van der Waals surface area contributed by atoms with Crippen molar-refractivity contribution in [2.24, 2.45) is 0 Å². The highest BCUT2D eigenvalue weighted by Crippen LogP contribution is 2.31. The van der Waals surface area contributed by atoms with Crippen LogP contribution in [0.2, 0.25) is 0 Å². The molecule has 0 bridgehead atoms. The summed E-state index contributed by atoms with van der Waals surface area (Å²) in [6, 6.07) is 3.89. The lowest BCUT2D eigenvalue weighted by Crippen LogP contribution is -2.54. The van der Waals surface area contributed by atoms with E-state index in [1.54, 1.807) is 18.2 Å². The van der Waals surface area contributed by atoms with Crippen LogP contribution in [0.3, 0.4) is 0 Å². The van der Waals surface area contributed by atoms with Gasteiger partial charge in [-0.05, 0) is 24.6 Å². The van der Waals surface area contributed by atoms with Crippen molar-refractivity contribution in [3.63, 3.8) is 0 Å². The Labute approximate surface area is 159 Å². The Morgan fingerprint density at radius 1 is 1.00 bits per heavy atom. The van der Waals surface area contributed by atoms with E-state index in [4.69, 9.17) is 5.11 Å². The number of anilines is 1. The first kappa shape index (κ1) is 18.0. The van der Waals surface area contributed by atoms with Crippen molar-refractivity contribution in [3.05, 3.63) is 29.3 Å². The van der Waals surface area contributed by atoms with Crippen molar-refractivity contribution < 1.29 is 29.1 Å². The fraction of sp³-hybridized carbons (Fsp3) is 0.389. The maximum absolute atomic E-state index is 12.8. The van der Waals surface area contributed by atoms with Gasteiger partial charge < -0.3 is 14.9 Å². The number of hydrogen-bond donors (Lipinski definition) is 2. The topological polar surface area (TPSA) is 127 Å². The molecule has 2 N–H and O–H groups in total. The van der Waals surface area contributed by atoms with Crippen molar-refractivity contribution in [3.8, 4) is 0 Å². The second-order valence-electron chi connectivity index (χ2n) is 6.93. The van der Waals surface area contributed by atoms with Gasteiger partial charge in [-0.2, -0.15) is 0 Å². The summed E-state index contributed by atoms with van der Waals surface area (Å²) in [5.74, 6) is -2.16. The van der Waals surface area contributed by atoms with Crippen LogP contribution in [0.25, 0.3) is 0 Å². The zero-order chi connectivity index (χ0) is 20.0. The van der Waals surface area contributed by atoms with Crippen molar-refractivity contribution in [2.45, 2.75) is 18.9 Å². The number of carbonyl (C=O) groups is 5. The monoisotopic (exact) mass is 386 g/mol. The first-order chi connectivity index (χ1) is 13.4. The van der Waals surface area contributed by atoms with Gasteiger partial charge in [0.2, 0.25) is 11.8 Å². The number of fused-ring (bicyclic) bond motifs is 1. The van der Waals surface area contributed by atoms with E-state index in [9.17, 15) is 24.0 Å². The second-order valence-corrected chi connectivity index (χ2v) is 6.93. The number of hydrogen-bond acceptors (Lipinski definition) is 6. The van der Waals surface area contributed by atoms with E-state index in [0.717, 1.165) is 10.6 Å². The van der Waals surface area contributed by atoms with Gasteiger partial charge in [-0.25, -0.2) is 4.79 Å². The molecule has 28 heavy (non-hydrogen) atoms. The molecular weight excluding hydrogens is 368 g/mol. The fourth-order valence-corrected chi connectivity index (χ4v) is 3.81. The summed E-state index contributed by atoms with van der Waals surface area (Å²) < 4.78 is 0. The second kappa shape index (κ2) is 6.63. The van der Waals surface area contributed by atoms with Crippen LogP contribution < -0.4 is 10.2 Å². The van der Waals surface area contributed by atoms with Crippen molar-refractivity contribution in [1.29, 1.82) is 0 Å². The Morgan fingerprint density at radius 2 is 1.68 bits per heavy atom. The average molecular weight is 386 g/mol. The fourth-order valence-electron chi connectivity index (χ4n) is 3.81. The van der Waals surface area contributed by atoms with Gasteiger partial charge in [-0.1, -0.05) is 0 Å². The number of piperidine rings is 1. The van der Waals surface area contributed by atoms with Crippen molar-refractivity contribution in [2.75, 3.05) is 31.1 Å². The van der Waals surface area contributed by atoms with E-state index in [-0.39, 0.29) is 24.0 Å². The van der Waals surface area contributed by atoms with Crippen molar-refractivity contribution >= 4 is 35.4 Å². The van der Waals surface area contributed by atoms with Crippen LogP contribution in [-0.4, -0.2) is 76.8 Å². The third-order valence-corrected chi connectivity index (χ3v) is 5.34. The molecule has 3 aliphatic rings. The molecule has 1 atom stereocenters. The lowest BCUT2D eigenvalue weighted by Gasteiger charge is -2.34. The summed E-state index contributed by atoms with van der Waals surface area (Å²) in [5, 5.41) is 11.2. The van der Waals surface area contributed by atoms with E-state index in [1.165, 1.54) is 4.90 Å². The molecule has 4 rings (SSSR count). The predicted molar refractivity (Wildman–Crippen MR) is 94.9 cm³/mol. The molecule has 0 aromatic heterocycles. The van der Waals surface area contributed by atoms with Gasteiger partial charge in [0, 0.05) is 38.3 Å². The summed E-state index contributed by atoms with van der Waals surface area (Å²) in [7, 11) is 0. The third-order valence-electron chi connectivity index (χ3n) is 5.34. The summed E-state index contributed by atoms with van der Waals surface area (Å²) in [5.41, 5.74) is 1.16. The first-order valence-electron chi connectivity index (χ1n) is 8.95. The number of nitrogens with zero attached hydrogens (tertiary/aromatic N) is 3. The smallest absolute Gasteiger partial charge is 0.407 e. The summed E-state index contributed by atoms with van der Waals surface area (Å²) in [6.45, 7) is 1.65. The Bertz CT molecular complexity index is 905. The van der Waals surface area contributed by atoms with Gasteiger partial charge in [0.15, 0.2) is 0 Å². The molecule has 3 heterocycles. The van der Waals surface area contributed by atoms with Gasteiger partial charge in [-0.15, -0.1) is 0 Å². The maximum Gasteiger partial charge on any atom is 0.407 e. The molecule has 2 saturated heterocycles. The quantitative estimate of drug-likeness (QED) is 0.679. The number of carbonyl (C=O) groups excluding carboxylic acids is 4. The van der Waals surface area contributed by atoms with Gasteiger partial charge >= 0.3 is 6.09 Å². The minimum Gasteiger partial charge on any atom is -0.465 e. The van der Waals surface area contributed by atoms with E-state index in [2.05, 4.69) is 5.32 Å². The van der Waals surface area contributed by atoms with Crippen LogP contribution in [0.5, 0.6) is 0 Å². The Morgan fingerprint density at radius 3 is 2.32 bits per heavy atom. The first-order valence-corrected chi connectivity index (χ1v) is 8.95. The van der Waals surface area contributed by atoms with Gasteiger partial charge in [-0.3, -0.25) is 29.4 Å². The van der Waals surface area contributed by atoms with Gasteiger partial charge in [0.25, 0.3) is 11.8 Å². The maximum atomic E-state index is 12.8. The lowest BCUT2D eigenvalue weighted by molar-refractivity contribution is -0.136. The molecule has 0 spiro atoms. The molecule has 1 unspecified atom stereocenters. The van der Waals surface area contributed by atoms with Crippen molar-refractivity contribution in [1.82, 2.24) is 15.1 Å². The van der Waals surface area contributed by atoms with Crippen LogP contribution in [-0.2, 0) is 9.59 Å². The number of nitrogens with one attached hydrogen (secondary N) is 1. The molecule has 5 amide bonds. The van der Waals surface area contributed by atoms with E-state index >= 15 is 0 Å². The van der Waals surface area contributed by atoms with Crippen LogP contribution in [0, 0.1) is 0 Å². The summed E-state index contributed by atoms with van der Waals surface area (Å²) in [6.07, 6.45) is -0.780. The van der Waals surface area contributed by atoms with Crippen LogP contribution >= 0.6 is 0 Å². The highest BCUT2D eigenvalue weighted by molar-refractivity contribution is 6.23. The minimum absolute atomic E-state index is 0.0723. The molecule has 10 heteroatoms. The SMILES string of the molecule is O=C1CCC(N2C(=O)c3ccc(N4CCN(C(=O)O)CC4)cc3C2=O)C(=O)N1. The van der Waals surface area contributed by atoms with Gasteiger partial charge in [0.1, 0.15) is 6.04 Å². The number of carboxylic acid groups (broad SMARTS) is 1. The molecule has 3 aliphatic heterocycles. The number of imide groups is 2. The zero-order valence-electron chi connectivity index (χ0n) is 14.9. The number of benzene rings is 1. The largest absolute Gasteiger partial charge is 0.465 e. The summed E-state index contributed by atoms with van der Waals surface area (Å²) in [4.78, 5) is 64.2. The molecule has 0 aliphatic carbocycles. The molecule has 0 radical (unpaired) electrons.